The molecule has 0 radical (unpaired) electrons. The number of imide groups is 1. The van der Waals surface area contributed by atoms with Crippen LogP contribution in [0.15, 0.2) is 18.2 Å². The second-order valence-electron chi connectivity index (χ2n) is 5.45. The molecule has 0 aromatic heterocycles. The lowest BCUT2D eigenvalue weighted by Crippen LogP contribution is -2.34. The maximum absolute atomic E-state index is 13.4. The fourth-order valence-electron chi connectivity index (χ4n) is 2.77. The lowest BCUT2D eigenvalue weighted by Gasteiger charge is -2.17. The van der Waals surface area contributed by atoms with E-state index in [-0.39, 0.29) is 29.4 Å². The summed E-state index contributed by atoms with van der Waals surface area (Å²) in [5.74, 6) is -0.548. The van der Waals surface area contributed by atoms with Crippen molar-refractivity contribution < 1.29 is 22.4 Å². The highest BCUT2D eigenvalue weighted by Crippen LogP contribution is 2.35. The van der Waals surface area contributed by atoms with Crippen molar-refractivity contribution in [3.8, 4) is 0 Å². The molecule has 0 saturated carbocycles. The molecule has 0 spiro atoms. The predicted molar refractivity (Wildman–Crippen MR) is 87.6 cm³/mol. The van der Waals surface area contributed by atoms with Crippen molar-refractivity contribution >= 4 is 56.5 Å². The topological polar surface area (TPSA) is 86.8 Å². The van der Waals surface area contributed by atoms with Crippen molar-refractivity contribution in [1.29, 1.82) is 0 Å². The average Bonchev–Trinajstić information content (AvgIpc) is 3.00. The highest BCUT2D eigenvalue weighted by molar-refractivity contribution is 7.93. The van der Waals surface area contributed by atoms with Crippen molar-refractivity contribution in [2.45, 2.75) is 18.6 Å². The van der Waals surface area contributed by atoms with Crippen molar-refractivity contribution in [1.82, 2.24) is 4.90 Å². The van der Waals surface area contributed by atoms with Gasteiger partial charge in [-0.25, -0.2) is 22.5 Å². The first-order valence-corrected chi connectivity index (χ1v) is 9.44. The lowest BCUT2D eigenvalue weighted by atomic mass is 10.2. The van der Waals surface area contributed by atoms with Gasteiger partial charge in [-0.2, -0.15) is 0 Å². The van der Waals surface area contributed by atoms with E-state index < -0.39 is 39.4 Å². The molecule has 2 aliphatic rings. The molecular formula is C13H12Cl2FN3O4S. The van der Waals surface area contributed by atoms with Gasteiger partial charge in [-0.15, -0.1) is 11.6 Å². The second kappa shape index (κ2) is 6.05. The SMILES string of the molecule is O=C1[C@@H]2C[C@H](F)CN2C(=O)N1c1ccc(Cl)c(NS(=O)(=O)CCl)c1. The van der Waals surface area contributed by atoms with Crippen LogP contribution in [0.5, 0.6) is 0 Å². The fourth-order valence-corrected chi connectivity index (χ4v) is 3.71. The van der Waals surface area contributed by atoms with E-state index in [2.05, 4.69) is 4.72 Å². The summed E-state index contributed by atoms with van der Waals surface area (Å²) >= 11 is 11.3. The highest BCUT2D eigenvalue weighted by atomic mass is 35.5. The molecule has 2 heterocycles. The fraction of sp³-hybridized carbons (Fsp3) is 0.385. The number of hydrogen-bond donors (Lipinski definition) is 1. The Morgan fingerprint density at radius 3 is 2.67 bits per heavy atom. The molecule has 1 aromatic rings. The second-order valence-corrected chi connectivity index (χ2v) is 8.16. The molecule has 0 unspecified atom stereocenters. The maximum atomic E-state index is 13.4. The maximum Gasteiger partial charge on any atom is 0.332 e. The zero-order valence-electron chi connectivity index (χ0n) is 12.1. The molecule has 2 atom stereocenters. The Kier molecular flexibility index (Phi) is 4.35. The van der Waals surface area contributed by atoms with Crippen LogP contribution in [0.25, 0.3) is 0 Å². The van der Waals surface area contributed by atoms with E-state index in [1.165, 1.54) is 23.1 Å². The summed E-state index contributed by atoms with van der Waals surface area (Å²) in [4.78, 5) is 26.8. The summed E-state index contributed by atoms with van der Waals surface area (Å²) in [6.45, 7) is -0.134. The molecule has 2 saturated heterocycles. The van der Waals surface area contributed by atoms with Crippen molar-refractivity contribution in [2.24, 2.45) is 0 Å². The zero-order valence-corrected chi connectivity index (χ0v) is 14.4. The Labute approximate surface area is 147 Å². The van der Waals surface area contributed by atoms with Gasteiger partial charge in [0.25, 0.3) is 5.91 Å². The Morgan fingerprint density at radius 2 is 2.04 bits per heavy atom. The largest absolute Gasteiger partial charge is 0.332 e. The summed E-state index contributed by atoms with van der Waals surface area (Å²) in [5.41, 5.74) is 0.136. The van der Waals surface area contributed by atoms with Gasteiger partial charge in [-0.3, -0.25) is 9.52 Å². The third kappa shape index (κ3) is 2.91. The molecule has 3 amide bonds. The van der Waals surface area contributed by atoms with Gasteiger partial charge < -0.3 is 4.90 Å². The summed E-state index contributed by atoms with van der Waals surface area (Å²) < 4.78 is 38.7. The first-order valence-electron chi connectivity index (χ1n) is 6.88. The Hall–Kier alpha value is -1.58. The van der Waals surface area contributed by atoms with Gasteiger partial charge in [0.1, 0.15) is 17.4 Å². The number of amides is 3. The monoisotopic (exact) mass is 395 g/mol. The third-order valence-corrected chi connectivity index (χ3v) is 5.82. The zero-order chi connectivity index (χ0) is 17.6. The van der Waals surface area contributed by atoms with Gasteiger partial charge in [-0.1, -0.05) is 11.6 Å². The van der Waals surface area contributed by atoms with Gasteiger partial charge >= 0.3 is 6.03 Å². The number of nitrogens with one attached hydrogen (secondary N) is 1. The van der Waals surface area contributed by atoms with E-state index >= 15 is 0 Å². The number of sulfonamides is 1. The van der Waals surface area contributed by atoms with E-state index in [1.54, 1.807) is 0 Å². The van der Waals surface area contributed by atoms with Crippen molar-refractivity contribution in [3.63, 3.8) is 0 Å². The minimum Gasteiger partial charge on any atom is -0.309 e. The normalized spacial score (nSPS) is 23.8. The van der Waals surface area contributed by atoms with Crippen LogP contribution in [0.3, 0.4) is 0 Å². The molecule has 7 nitrogen and oxygen atoms in total. The Bertz CT molecular complexity index is 795. The van der Waals surface area contributed by atoms with E-state index in [1.807, 2.05) is 0 Å². The molecule has 24 heavy (non-hydrogen) atoms. The molecule has 2 aliphatic heterocycles. The highest BCUT2D eigenvalue weighted by Gasteiger charge is 2.51. The molecule has 0 aliphatic carbocycles. The number of carbonyl (C=O) groups is 2. The van der Waals surface area contributed by atoms with Crippen LogP contribution < -0.4 is 9.62 Å². The molecule has 1 aromatic carbocycles. The number of carbonyl (C=O) groups excluding carboxylic acids is 2. The summed E-state index contributed by atoms with van der Waals surface area (Å²) in [6, 6.07) is 2.55. The minimum absolute atomic E-state index is 0.00848. The number of rotatable bonds is 4. The number of anilines is 2. The Balaban J connectivity index is 1.93. The number of alkyl halides is 2. The van der Waals surface area contributed by atoms with E-state index in [0.29, 0.717) is 0 Å². The molecule has 0 bridgehead atoms. The number of benzene rings is 1. The van der Waals surface area contributed by atoms with Gasteiger partial charge in [0.05, 0.1) is 22.9 Å². The van der Waals surface area contributed by atoms with Crippen LogP contribution in [0.2, 0.25) is 5.02 Å². The number of nitrogens with zero attached hydrogens (tertiary/aromatic N) is 2. The molecule has 1 N–H and O–H groups in total. The molecule has 3 rings (SSSR count). The molecule has 2 fully saturated rings. The van der Waals surface area contributed by atoms with Gasteiger partial charge in [0.2, 0.25) is 10.0 Å². The van der Waals surface area contributed by atoms with E-state index in [0.717, 1.165) is 4.90 Å². The van der Waals surface area contributed by atoms with Crippen LogP contribution in [0.1, 0.15) is 6.42 Å². The van der Waals surface area contributed by atoms with Crippen molar-refractivity contribution in [2.75, 3.05) is 21.4 Å². The smallest absolute Gasteiger partial charge is 0.309 e. The summed E-state index contributed by atoms with van der Waals surface area (Å²) in [5, 5.41) is -0.598. The van der Waals surface area contributed by atoms with Crippen LogP contribution in [0.4, 0.5) is 20.6 Å². The average molecular weight is 396 g/mol. The minimum atomic E-state index is -3.80. The number of hydrogen-bond acceptors (Lipinski definition) is 4. The summed E-state index contributed by atoms with van der Waals surface area (Å²) in [7, 11) is -3.80. The quantitative estimate of drug-likeness (QED) is 0.624. The Morgan fingerprint density at radius 1 is 1.33 bits per heavy atom. The summed E-state index contributed by atoms with van der Waals surface area (Å²) in [6.07, 6.45) is -1.26. The van der Waals surface area contributed by atoms with E-state index in [9.17, 15) is 22.4 Å². The van der Waals surface area contributed by atoms with Crippen LogP contribution in [-0.2, 0) is 14.8 Å². The van der Waals surface area contributed by atoms with Crippen LogP contribution >= 0.6 is 23.2 Å². The number of urea groups is 1. The lowest BCUT2D eigenvalue weighted by molar-refractivity contribution is -0.119. The van der Waals surface area contributed by atoms with Gasteiger partial charge in [0, 0.05) is 6.42 Å². The van der Waals surface area contributed by atoms with Crippen molar-refractivity contribution in [3.05, 3.63) is 23.2 Å². The van der Waals surface area contributed by atoms with E-state index in [4.69, 9.17) is 23.2 Å². The predicted octanol–water partition coefficient (Wildman–Crippen LogP) is 2.16. The molecular weight excluding hydrogens is 384 g/mol. The first kappa shape index (κ1) is 17.2. The van der Waals surface area contributed by atoms with Gasteiger partial charge in [0.15, 0.2) is 0 Å². The number of halogens is 3. The first-order chi connectivity index (χ1) is 11.2. The van der Waals surface area contributed by atoms with Gasteiger partial charge in [-0.05, 0) is 18.2 Å². The standard InChI is InChI=1S/C13H12Cl2FN3O4S/c14-6-24(22,23)17-10-4-8(1-2-9(10)15)19-12(20)11-3-7(16)5-18(11)13(19)21/h1-2,4,7,11,17H,3,5-6H2/t7-,11-/m0/s1. The number of fused-ring (bicyclic) bond motifs is 1. The molecule has 130 valence electrons. The third-order valence-electron chi connectivity index (χ3n) is 3.81. The molecule has 11 heteroatoms. The van der Waals surface area contributed by atoms with Crippen LogP contribution in [0, 0.1) is 0 Å². The van der Waals surface area contributed by atoms with Crippen LogP contribution in [-0.4, -0.2) is 49.2 Å².